The highest BCUT2D eigenvalue weighted by Gasteiger charge is 2.25. The third kappa shape index (κ3) is 4.37. The summed E-state index contributed by atoms with van der Waals surface area (Å²) in [6, 6.07) is 22.6. The van der Waals surface area contributed by atoms with Crippen LogP contribution in [0.25, 0.3) is 11.0 Å². The fourth-order valence-electron chi connectivity index (χ4n) is 4.77. The zero-order valence-electron chi connectivity index (χ0n) is 19.7. The predicted octanol–water partition coefficient (Wildman–Crippen LogP) is 4.44. The zero-order valence-corrected chi connectivity index (χ0v) is 19.7. The van der Waals surface area contributed by atoms with Crippen molar-refractivity contribution in [3.05, 3.63) is 94.4 Å². The molecule has 35 heavy (non-hydrogen) atoms. The number of imidazole rings is 1. The maximum absolute atomic E-state index is 13.0. The number of amides is 2. The molecule has 178 valence electrons. The molecule has 3 aromatic carbocycles. The second-order valence-electron chi connectivity index (χ2n) is 8.79. The number of hydrogen-bond acceptors (Lipinski definition) is 3. The summed E-state index contributed by atoms with van der Waals surface area (Å²) < 4.78 is 3.43. The fourth-order valence-corrected chi connectivity index (χ4v) is 4.77. The van der Waals surface area contributed by atoms with Crippen molar-refractivity contribution in [3.8, 4) is 0 Å². The number of rotatable bonds is 7. The van der Waals surface area contributed by atoms with Gasteiger partial charge in [0.15, 0.2) is 0 Å². The number of hydrogen-bond donors (Lipinski definition) is 1. The summed E-state index contributed by atoms with van der Waals surface area (Å²) in [7, 11) is 0. The number of benzene rings is 3. The fraction of sp³-hybridized carbons (Fsp3) is 0.250. The molecule has 0 saturated carbocycles. The summed E-state index contributed by atoms with van der Waals surface area (Å²) >= 11 is 0. The molecule has 0 radical (unpaired) electrons. The molecule has 1 aromatic heterocycles. The second kappa shape index (κ2) is 9.62. The van der Waals surface area contributed by atoms with Crippen molar-refractivity contribution in [1.82, 2.24) is 9.13 Å². The first kappa shape index (κ1) is 22.7. The summed E-state index contributed by atoms with van der Waals surface area (Å²) in [5.41, 5.74) is 4.98. The van der Waals surface area contributed by atoms with Gasteiger partial charge in [-0.3, -0.25) is 18.7 Å². The van der Waals surface area contributed by atoms with Crippen LogP contribution in [-0.2, 0) is 24.3 Å². The van der Waals surface area contributed by atoms with Crippen molar-refractivity contribution in [1.29, 1.82) is 0 Å². The number of carbonyl (C=O) groups excluding carboxylic acids is 2. The molecule has 0 unspecified atom stereocenters. The lowest BCUT2D eigenvalue weighted by Gasteiger charge is -2.17. The summed E-state index contributed by atoms with van der Waals surface area (Å²) in [5, 5.41) is 2.88. The van der Waals surface area contributed by atoms with Crippen molar-refractivity contribution >= 4 is 34.2 Å². The standard InChI is InChI=1S/C28H28N4O3/c1-2-17-31-24-9-5-6-10-25(24)32(28(31)35)19-16-26(33)29-22-13-11-21(12-14-22)27(34)30-18-15-20-7-3-4-8-23(20)30/h3-14H,2,15-19H2,1H3,(H,29,33). The van der Waals surface area contributed by atoms with Gasteiger partial charge in [-0.1, -0.05) is 37.3 Å². The van der Waals surface area contributed by atoms with Crippen LogP contribution in [0.15, 0.2) is 77.6 Å². The van der Waals surface area contributed by atoms with Gasteiger partial charge in [-0.15, -0.1) is 0 Å². The Balaban J connectivity index is 1.24. The van der Waals surface area contributed by atoms with E-state index in [1.807, 2.05) is 49.4 Å². The average Bonchev–Trinajstić information content (AvgIpc) is 3.42. The van der Waals surface area contributed by atoms with Crippen LogP contribution in [0.1, 0.15) is 35.7 Å². The Labute approximate surface area is 203 Å². The Hall–Kier alpha value is -4.13. The number of nitrogens with zero attached hydrogens (tertiary/aromatic N) is 3. The van der Waals surface area contributed by atoms with Gasteiger partial charge in [0.2, 0.25) is 5.91 Å². The minimum absolute atomic E-state index is 0.0457. The molecular weight excluding hydrogens is 440 g/mol. The maximum Gasteiger partial charge on any atom is 0.329 e. The number of anilines is 2. The number of aromatic nitrogens is 2. The van der Waals surface area contributed by atoms with E-state index in [1.165, 1.54) is 5.56 Å². The topological polar surface area (TPSA) is 76.3 Å². The highest BCUT2D eigenvalue weighted by atomic mass is 16.2. The first-order valence-corrected chi connectivity index (χ1v) is 12.0. The van der Waals surface area contributed by atoms with Crippen LogP contribution < -0.4 is 15.9 Å². The third-order valence-corrected chi connectivity index (χ3v) is 6.48. The van der Waals surface area contributed by atoms with Gasteiger partial charge < -0.3 is 10.2 Å². The van der Waals surface area contributed by atoms with E-state index in [1.54, 1.807) is 38.3 Å². The van der Waals surface area contributed by atoms with E-state index in [0.717, 1.165) is 29.6 Å². The lowest BCUT2D eigenvalue weighted by Crippen LogP contribution is -2.28. The van der Waals surface area contributed by atoms with Gasteiger partial charge in [-0.25, -0.2) is 4.79 Å². The van der Waals surface area contributed by atoms with Crippen LogP contribution in [0.5, 0.6) is 0 Å². The summed E-state index contributed by atoms with van der Waals surface area (Å²) in [6.07, 6.45) is 1.89. The van der Waals surface area contributed by atoms with Crippen molar-refractivity contribution in [2.45, 2.75) is 39.3 Å². The summed E-state index contributed by atoms with van der Waals surface area (Å²) in [4.78, 5) is 40.3. The van der Waals surface area contributed by atoms with Crippen LogP contribution in [0.3, 0.4) is 0 Å². The monoisotopic (exact) mass is 468 g/mol. The van der Waals surface area contributed by atoms with E-state index in [0.29, 0.717) is 30.9 Å². The minimum atomic E-state index is -0.184. The Morgan fingerprint density at radius 3 is 2.23 bits per heavy atom. The van der Waals surface area contributed by atoms with Crippen LogP contribution in [0.4, 0.5) is 11.4 Å². The smallest absolute Gasteiger partial charge is 0.326 e. The van der Waals surface area contributed by atoms with Crippen molar-refractivity contribution in [2.75, 3.05) is 16.8 Å². The van der Waals surface area contributed by atoms with Crippen molar-refractivity contribution in [2.24, 2.45) is 0 Å². The molecular formula is C28H28N4O3. The van der Waals surface area contributed by atoms with E-state index in [4.69, 9.17) is 0 Å². The number of aryl methyl sites for hydroxylation is 2. The third-order valence-electron chi connectivity index (χ3n) is 6.48. The number of para-hydroxylation sites is 3. The number of fused-ring (bicyclic) bond motifs is 2. The van der Waals surface area contributed by atoms with E-state index >= 15 is 0 Å². The average molecular weight is 469 g/mol. The Bertz CT molecular complexity index is 1450. The molecule has 0 fully saturated rings. The number of nitrogens with one attached hydrogen (secondary N) is 1. The van der Waals surface area contributed by atoms with E-state index in [9.17, 15) is 14.4 Å². The van der Waals surface area contributed by atoms with Crippen molar-refractivity contribution < 1.29 is 9.59 Å². The molecule has 2 heterocycles. The zero-order chi connectivity index (χ0) is 24.4. The molecule has 1 aliphatic heterocycles. The Kier molecular flexibility index (Phi) is 6.23. The molecule has 1 N–H and O–H groups in total. The summed E-state index contributed by atoms with van der Waals surface area (Å²) in [5.74, 6) is -0.229. The maximum atomic E-state index is 13.0. The quantitative estimate of drug-likeness (QED) is 0.436. The SMILES string of the molecule is CCCn1c(=O)n(CCC(=O)Nc2ccc(C(=O)N3CCc4ccccc43)cc2)c2ccccc21. The van der Waals surface area contributed by atoms with E-state index in [-0.39, 0.29) is 23.9 Å². The molecule has 0 atom stereocenters. The van der Waals surface area contributed by atoms with Crippen LogP contribution in [0.2, 0.25) is 0 Å². The van der Waals surface area contributed by atoms with Gasteiger partial charge in [0.05, 0.1) is 11.0 Å². The summed E-state index contributed by atoms with van der Waals surface area (Å²) in [6.45, 7) is 3.65. The normalized spacial score (nSPS) is 12.7. The molecule has 1 aliphatic rings. The lowest BCUT2D eigenvalue weighted by molar-refractivity contribution is -0.116. The molecule has 7 nitrogen and oxygen atoms in total. The second-order valence-corrected chi connectivity index (χ2v) is 8.79. The Morgan fingerprint density at radius 1 is 0.857 bits per heavy atom. The largest absolute Gasteiger partial charge is 0.329 e. The van der Waals surface area contributed by atoms with Gasteiger partial charge in [0, 0.05) is 43.0 Å². The van der Waals surface area contributed by atoms with Crippen LogP contribution in [0, 0.1) is 0 Å². The highest BCUT2D eigenvalue weighted by Crippen LogP contribution is 2.29. The molecule has 4 aromatic rings. The van der Waals surface area contributed by atoms with E-state index < -0.39 is 0 Å². The highest BCUT2D eigenvalue weighted by molar-refractivity contribution is 6.07. The molecule has 0 aliphatic carbocycles. The number of carbonyl (C=O) groups is 2. The van der Waals surface area contributed by atoms with Gasteiger partial charge in [-0.2, -0.15) is 0 Å². The molecule has 5 rings (SSSR count). The lowest BCUT2D eigenvalue weighted by atomic mass is 10.1. The first-order valence-electron chi connectivity index (χ1n) is 12.0. The molecule has 0 spiro atoms. The van der Waals surface area contributed by atoms with E-state index in [2.05, 4.69) is 11.4 Å². The van der Waals surface area contributed by atoms with Crippen LogP contribution in [-0.4, -0.2) is 27.5 Å². The molecule has 0 saturated heterocycles. The van der Waals surface area contributed by atoms with Crippen LogP contribution >= 0.6 is 0 Å². The van der Waals surface area contributed by atoms with Gasteiger partial charge in [-0.05, 0) is 60.9 Å². The molecule has 7 heteroatoms. The van der Waals surface area contributed by atoms with Gasteiger partial charge in [0.25, 0.3) is 5.91 Å². The minimum Gasteiger partial charge on any atom is -0.326 e. The first-order chi connectivity index (χ1) is 17.1. The van der Waals surface area contributed by atoms with Crippen molar-refractivity contribution in [3.63, 3.8) is 0 Å². The molecule has 0 bridgehead atoms. The molecule has 2 amide bonds. The van der Waals surface area contributed by atoms with Gasteiger partial charge >= 0.3 is 5.69 Å². The Morgan fingerprint density at radius 2 is 1.51 bits per heavy atom. The van der Waals surface area contributed by atoms with Gasteiger partial charge in [0.1, 0.15) is 0 Å². The predicted molar refractivity (Wildman–Crippen MR) is 138 cm³/mol.